The molecule has 0 N–H and O–H groups in total. The molecular weight excluding hydrogens is 279 g/mol. The van der Waals surface area contributed by atoms with Gasteiger partial charge in [0.15, 0.2) is 0 Å². The van der Waals surface area contributed by atoms with Gasteiger partial charge in [-0.3, -0.25) is 9.79 Å². The largest absolute Gasteiger partial charge is 0.416 e. The molecule has 0 heterocycles. The molecule has 1 aromatic carbocycles. The van der Waals surface area contributed by atoms with Gasteiger partial charge in [-0.1, -0.05) is 31.5 Å². The topological polar surface area (TPSA) is 29.4 Å². The molecule has 0 spiro atoms. The Morgan fingerprint density at radius 3 is 2.62 bits per heavy atom. The summed E-state index contributed by atoms with van der Waals surface area (Å²) in [6, 6.07) is 5.03. The Bertz CT molecular complexity index is 563. The second kappa shape index (κ2) is 6.00. The van der Waals surface area contributed by atoms with E-state index < -0.39 is 17.7 Å². The SMILES string of the molecule is CCCC1CC(=NC)C(c2cccc(C(F)(F)F)c2)C1=O. The molecular formula is C16H18F3NO. The molecule has 2 atom stereocenters. The van der Waals surface area contributed by atoms with Crippen LogP contribution in [-0.2, 0) is 11.0 Å². The van der Waals surface area contributed by atoms with Crippen LogP contribution >= 0.6 is 0 Å². The predicted molar refractivity (Wildman–Crippen MR) is 75.6 cm³/mol. The Labute approximate surface area is 122 Å². The summed E-state index contributed by atoms with van der Waals surface area (Å²) in [4.78, 5) is 16.6. The zero-order valence-corrected chi connectivity index (χ0v) is 12.1. The van der Waals surface area contributed by atoms with Crippen LogP contribution in [0.3, 0.4) is 0 Å². The first kappa shape index (κ1) is 15.7. The third kappa shape index (κ3) is 3.17. The molecule has 0 radical (unpaired) electrons. The van der Waals surface area contributed by atoms with Crippen LogP contribution in [-0.4, -0.2) is 18.5 Å². The van der Waals surface area contributed by atoms with Crippen molar-refractivity contribution in [3.05, 3.63) is 35.4 Å². The minimum atomic E-state index is -4.40. The molecule has 2 unspecified atom stereocenters. The predicted octanol–water partition coefficient (Wildman–Crippen LogP) is 4.25. The van der Waals surface area contributed by atoms with Gasteiger partial charge < -0.3 is 0 Å². The van der Waals surface area contributed by atoms with Crippen molar-refractivity contribution in [3.63, 3.8) is 0 Å². The lowest BCUT2D eigenvalue weighted by Crippen LogP contribution is -2.16. The van der Waals surface area contributed by atoms with E-state index in [0.717, 1.165) is 25.0 Å². The molecule has 114 valence electrons. The van der Waals surface area contributed by atoms with E-state index in [1.165, 1.54) is 6.07 Å². The van der Waals surface area contributed by atoms with E-state index in [9.17, 15) is 18.0 Å². The van der Waals surface area contributed by atoms with Crippen molar-refractivity contribution >= 4 is 11.5 Å². The van der Waals surface area contributed by atoms with Crippen LogP contribution in [0.5, 0.6) is 0 Å². The lowest BCUT2D eigenvalue weighted by atomic mass is 9.91. The van der Waals surface area contributed by atoms with Gasteiger partial charge >= 0.3 is 6.18 Å². The summed E-state index contributed by atoms with van der Waals surface area (Å²) in [5.41, 5.74) is 0.369. The van der Waals surface area contributed by atoms with Crippen molar-refractivity contribution in [2.24, 2.45) is 10.9 Å². The fraction of sp³-hybridized carbons (Fsp3) is 0.500. The quantitative estimate of drug-likeness (QED) is 0.820. The number of hydrogen-bond donors (Lipinski definition) is 0. The molecule has 1 aromatic rings. The Morgan fingerprint density at radius 1 is 1.33 bits per heavy atom. The van der Waals surface area contributed by atoms with Crippen LogP contribution < -0.4 is 0 Å². The minimum absolute atomic E-state index is 0.00299. The number of aliphatic imine (C=N–C) groups is 1. The smallest absolute Gasteiger partial charge is 0.298 e. The molecule has 1 saturated carbocycles. The van der Waals surface area contributed by atoms with E-state index in [2.05, 4.69) is 4.99 Å². The summed E-state index contributed by atoms with van der Waals surface area (Å²) in [6.07, 6.45) is -2.20. The van der Waals surface area contributed by atoms with E-state index in [1.54, 1.807) is 13.1 Å². The maximum Gasteiger partial charge on any atom is 0.416 e. The van der Waals surface area contributed by atoms with Crippen molar-refractivity contribution in [1.82, 2.24) is 0 Å². The summed E-state index contributed by atoms with van der Waals surface area (Å²) in [5.74, 6) is -0.737. The minimum Gasteiger partial charge on any atom is -0.298 e. The van der Waals surface area contributed by atoms with Crippen LogP contribution in [0.2, 0.25) is 0 Å². The standard InChI is InChI=1S/C16H18F3NO/c1-3-5-11-9-13(20-2)14(15(11)21)10-6-4-7-12(8-10)16(17,18)19/h4,6-8,11,14H,3,5,9H2,1-2H3. The zero-order valence-electron chi connectivity index (χ0n) is 12.1. The van der Waals surface area contributed by atoms with Gasteiger partial charge in [0, 0.05) is 18.7 Å². The average Bonchev–Trinajstić information content (AvgIpc) is 2.75. The molecule has 2 rings (SSSR count). The average molecular weight is 297 g/mol. The van der Waals surface area contributed by atoms with Crippen molar-refractivity contribution < 1.29 is 18.0 Å². The fourth-order valence-electron chi connectivity index (χ4n) is 2.94. The second-order valence-electron chi connectivity index (χ2n) is 5.36. The van der Waals surface area contributed by atoms with E-state index in [4.69, 9.17) is 0 Å². The summed E-state index contributed by atoms with van der Waals surface area (Å²) < 4.78 is 38.4. The molecule has 1 aliphatic rings. The number of carbonyl (C=O) groups is 1. The molecule has 0 bridgehead atoms. The molecule has 2 nitrogen and oxygen atoms in total. The van der Waals surface area contributed by atoms with Crippen LogP contribution in [0.4, 0.5) is 13.2 Å². The summed E-state index contributed by atoms with van der Waals surface area (Å²) in [7, 11) is 1.59. The highest BCUT2D eigenvalue weighted by Gasteiger charge is 2.40. The number of carbonyl (C=O) groups excluding carboxylic acids is 1. The zero-order chi connectivity index (χ0) is 15.6. The number of rotatable bonds is 3. The highest BCUT2D eigenvalue weighted by molar-refractivity contribution is 6.16. The maximum absolute atomic E-state index is 12.8. The number of benzene rings is 1. The van der Waals surface area contributed by atoms with E-state index in [0.29, 0.717) is 17.7 Å². The van der Waals surface area contributed by atoms with Gasteiger partial charge in [-0.2, -0.15) is 13.2 Å². The van der Waals surface area contributed by atoms with Gasteiger partial charge in [0.2, 0.25) is 0 Å². The fourth-order valence-corrected chi connectivity index (χ4v) is 2.94. The highest BCUT2D eigenvalue weighted by atomic mass is 19.4. The molecule has 0 aliphatic heterocycles. The number of alkyl halides is 3. The van der Waals surface area contributed by atoms with Crippen molar-refractivity contribution in [2.45, 2.75) is 38.3 Å². The monoisotopic (exact) mass is 297 g/mol. The summed E-state index contributed by atoms with van der Waals surface area (Å²) in [5, 5.41) is 0. The van der Waals surface area contributed by atoms with Crippen LogP contribution in [0.15, 0.2) is 29.3 Å². The number of hydrogen-bond acceptors (Lipinski definition) is 2. The van der Waals surface area contributed by atoms with E-state index in [1.807, 2.05) is 6.92 Å². The molecule has 1 fully saturated rings. The van der Waals surface area contributed by atoms with Crippen LogP contribution in [0.1, 0.15) is 43.2 Å². The second-order valence-corrected chi connectivity index (χ2v) is 5.36. The molecule has 0 amide bonds. The van der Waals surface area contributed by atoms with Gasteiger partial charge in [0.25, 0.3) is 0 Å². The van der Waals surface area contributed by atoms with Gasteiger partial charge in [-0.15, -0.1) is 0 Å². The van der Waals surface area contributed by atoms with Gasteiger partial charge in [-0.25, -0.2) is 0 Å². The molecule has 5 heteroatoms. The third-order valence-corrected chi connectivity index (χ3v) is 3.95. The van der Waals surface area contributed by atoms with E-state index >= 15 is 0 Å². The Kier molecular flexibility index (Phi) is 4.49. The molecule has 1 aliphatic carbocycles. The van der Waals surface area contributed by atoms with Gasteiger partial charge in [0.1, 0.15) is 5.78 Å². The van der Waals surface area contributed by atoms with Crippen molar-refractivity contribution in [3.8, 4) is 0 Å². The highest BCUT2D eigenvalue weighted by Crippen LogP contribution is 2.37. The number of Topliss-reactive ketones (excluding diaryl/α,β-unsaturated/α-hetero) is 1. The normalized spacial score (nSPS) is 24.8. The lowest BCUT2D eigenvalue weighted by molar-refractivity contribution is -0.137. The van der Waals surface area contributed by atoms with Crippen molar-refractivity contribution in [2.75, 3.05) is 7.05 Å². The van der Waals surface area contributed by atoms with Crippen LogP contribution in [0.25, 0.3) is 0 Å². The Hall–Kier alpha value is -1.65. The third-order valence-electron chi connectivity index (χ3n) is 3.95. The summed E-state index contributed by atoms with van der Waals surface area (Å²) in [6.45, 7) is 1.99. The maximum atomic E-state index is 12.8. The van der Waals surface area contributed by atoms with Crippen LogP contribution in [0, 0.1) is 5.92 Å². The Balaban J connectivity index is 2.38. The lowest BCUT2D eigenvalue weighted by Gasteiger charge is -2.14. The summed E-state index contributed by atoms with van der Waals surface area (Å²) >= 11 is 0. The number of halogens is 3. The molecule has 0 aromatic heterocycles. The first-order valence-corrected chi connectivity index (χ1v) is 7.05. The van der Waals surface area contributed by atoms with E-state index in [-0.39, 0.29) is 11.7 Å². The van der Waals surface area contributed by atoms with Crippen molar-refractivity contribution in [1.29, 1.82) is 0 Å². The van der Waals surface area contributed by atoms with Gasteiger partial charge in [0.05, 0.1) is 11.5 Å². The Morgan fingerprint density at radius 2 is 2.05 bits per heavy atom. The number of ketones is 1. The number of nitrogens with zero attached hydrogens (tertiary/aromatic N) is 1. The van der Waals surface area contributed by atoms with Gasteiger partial charge in [-0.05, 0) is 24.5 Å². The first-order valence-electron chi connectivity index (χ1n) is 7.05. The molecule has 0 saturated heterocycles. The molecule has 21 heavy (non-hydrogen) atoms. The first-order chi connectivity index (χ1) is 9.88.